The summed E-state index contributed by atoms with van der Waals surface area (Å²) in [6, 6.07) is 9.81. The second-order valence-corrected chi connectivity index (χ2v) is 5.39. The van der Waals surface area contributed by atoms with E-state index in [0.29, 0.717) is 25.2 Å². The molecule has 0 radical (unpaired) electrons. The van der Waals surface area contributed by atoms with E-state index in [0.717, 1.165) is 5.56 Å². The Balaban J connectivity index is 1.53. The molecule has 2 amide bonds. The minimum Gasteiger partial charge on any atom is -0.365 e. The van der Waals surface area contributed by atoms with Gasteiger partial charge in [0.15, 0.2) is 0 Å². The first-order chi connectivity index (χ1) is 11.2. The van der Waals surface area contributed by atoms with E-state index in [4.69, 9.17) is 4.74 Å². The Kier molecular flexibility index (Phi) is 4.68. The lowest BCUT2D eigenvalue weighted by molar-refractivity contribution is -0.149. The summed E-state index contributed by atoms with van der Waals surface area (Å²) in [5.41, 5.74) is 1.54. The summed E-state index contributed by atoms with van der Waals surface area (Å²) in [5, 5.41) is 9.12. The first-order valence-corrected chi connectivity index (χ1v) is 7.42. The molecule has 7 nitrogen and oxygen atoms in total. The standard InChI is InChI=1S/C16H18N4O3/c21-15-11-23-14(8-17-16(22)13-6-18-19-7-13)10-20(15)9-12-4-2-1-3-5-12/h1-7,14H,8-11H2,(H,17,22)(H,18,19). The van der Waals surface area contributed by atoms with Gasteiger partial charge < -0.3 is 15.0 Å². The molecule has 0 spiro atoms. The van der Waals surface area contributed by atoms with Crippen LogP contribution in [0.3, 0.4) is 0 Å². The molecule has 0 saturated carbocycles. The summed E-state index contributed by atoms with van der Waals surface area (Å²) in [6.45, 7) is 1.40. The molecule has 1 unspecified atom stereocenters. The topological polar surface area (TPSA) is 87.3 Å². The highest BCUT2D eigenvalue weighted by Crippen LogP contribution is 2.11. The number of rotatable bonds is 5. The molecule has 23 heavy (non-hydrogen) atoms. The van der Waals surface area contributed by atoms with Crippen molar-refractivity contribution in [1.82, 2.24) is 20.4 Å². The van der Waals surface area contributed by atoms with Crippen LogP contribution in [-0.4, -0.2) is 52.7 Å². The van der Waals surface area contributed by atoms with E-state index in [2.05, 4.69) is 15.5 Å². The van der Waals surface area contributed by atoms with Crippen molar-refractivity contribution in [2.75, 3.05) is 19.7 Å². The van der Waals surface area contributed by atoms with Crippen LogP contribution in [-0.2, 0) is 16.1 Å². The number of hydrogen-bond donors (Lipinski definition) is 2. The molecule has 7 heteroatoms. The van der Waals surface area contributed by atoms with Crippen LogP contribution < -0.4 is 5.32 Å². The fourth-order valence-electron chi connectivity index (χ4n) is 2.44. The largest absolute Gasteiger partial charge is 0.365 e. The highest BCUT2D eigenvalue weighted by atomic mass is 16.5. The van der Waals surface area contributed by atoms with Crippen LogP contribution in [0.15, 0.2) is 42.7 Å². The molecule has 2 aromatic rings. The maximum absolute atomic E-state index is 12.0. The summed E-state index contributed by atoms with van der Waals surface area (Å²) in [4.78, 5) is 25.6. The molecule has 2 heterocycles. The van der Waals surface area contributed by atoms with Gasteiger partial charge >= 0.3 is 0 Å². The lowest BCUT2D eigenvalue weighted by Gasteiger charge is -2.32. The van der Waals surface area contributed by atoms with E-state index in [9.17, 15) is 9.59 Å². The predicted octanol–water partition coefficient (Wildman–Crippen LogP) is 0.567. The van der Waals surface area contributed by atoms with E-state index >= 15 is 0 Å². The van der Waals surface area contributed by atoms with Crippen molar-refractivity contribution in [2.24, 2.45) is 0 Å². The minimum absolute atomic E-state index is 0.0359. The second kappa shape index (κ2) is 7.06. The van der Waals surface area contributed by atoms with E-state index in [1.165, 1.54) is 12.4 Å². The molecule has 1 aliphatic heterocycles. The Morgan fingerprint density at radius 1 is 1.39 bits per heavy atom. The van der Waals surface area contributed by atoms with Crippen molar-refractivity contribution in [3.05, 3.63) is 53.9 Å². The Labute approximate surface area is 133 Å². The molecule has 1 aliphatic rings. The van der Waals surface area contributed by atoms with Gasteiger partial charge in [-0.1, -0.05) is 30.3 Å². The van der Waals surface area contributed by atoms with Crippen LogP contribution in [0.4, 0.5) is 0 Å². The van der Waals surface area contributed by atoms with Gasteiger partial charge in [-0.2, -0.15) is 5.10 Å². The maximum atomic E-state index is 12.0. The molecular weight excluding hydrogens is 296 g/mol. The number of ether oxygens (including phenoxy) is 1. The first kappa shape index (κ1) is 15.2. The summed E-state index contributed by atoms with van der Waals surface area (Å²) >= 11 is 0. The predicted molar refractivity (Wildman–Crippen MR) is 82.5 cm³/mol. The van der Waals surface area contributed by atoms with Gasteiger partial charge in [0, 0.05) is 25.8 Å². The van der Waals surface area contributed by atoms with Gasteiger partial charge in [0.25, 0.3) is 5.91 Å². The minimum atomic E-state index is -0.215. The smallest absolute Gasteiger partial charge is 0.254 e. The quantitative estimate of drug-likeness (QED) is 0.844. The van der Waals surface area contributed by atoms with Crippen molar-refractivity contribution in [2.45, 2.75) is 12.6 Å². The molecule has 1 aromatic carbocycles. The molecule has 3 rings (SSSR count). The third-order valence-electron chi connectivity index (χ3n) is 3.69. The number of hydrogen-bond acceptors (Lipinski definition) is 4. The summed E-state index contributed by atoms with van der Waals surface area (Å²) in [6.07, 6.45) is 2.78. The SMILES string of the molecule is O=C(NCC1CN(Cc2ccccc2)C(=O)CO1)c1cn[nH]c1. The lowest BCUT2D eigenvalue weighted by atomic mass is 10.2. The van der Waals surface area contributed by atoms with Crippen LogP contribution in [0.1, 0.15) is 15.9 Å². The molecule has 1 fully saturated rings. The monoisotopic (exact) mass is 314 g/mol. The number of nitrogens with one attached hydrogen (secondary N) is 2. The molecule has 1 saturated heterocycles. The second-order valence-electron chi connectivity index (χ2n) is 5.39. The van der Waals surface area contributed by atoms with Gasteiger partial charge in [0.1, 0.15) is 6.61 Å². The van der Waals surface area contributed by atoms with E-state index in [-0.39, 0.29) is 24.5 Å². The molecule has 0 bridgehead atoms. The molecular formula is C16H18N4O3. The Morgan fingerprint density at radius 3 is 2.96 bits per heavy atom. The van der Waals surface area contributed by atoms with Crippen molar-refractivity contribution in [3.8, 4) is 0 Å². The van der Waals surface area contributed by atoms with Crippen LogP contribution in [0.5, 0.6) is 0 Å². The van der Waals surface area contributed by atoms with Crippen molar-refractivity contribution >= 4 is 11.8 Å². The van der Waals surface area contributed by atoms with Crippen LogP contribution in [0.2, 0.25) is 0 Å². The van der Waals surface area contributed by atoms with Crippen molar-refractivity contribution in [1.29, 1.82) is 0 Å². The van der Waals surface area contributed by atoms with E-state index in [1.807, 2.05) is 30.3 Å². The zero-order chi connectivity index (χ0) is 16.1. The van der Waals surface area contributed by atoms with E-state index in [1.54, 1.807) is 4.90 Å². The van der Waals surface area contributed by atoms with Gasteiger partial charge in [0.05, 0.1) is 17.9 Å². The number of aromatic nitrogens is 2. The number of nitrogens with zero attached hydrogens (tertiary/aromatic N) is 2. The molecule has 120 valence electrons. The number of carbonyl (C=O) groups excluding carboxylic acids is 2. The summed E-state index contributed by atoms with van der Waals surface area (Å²) < 4.78 is 5.50. The highest BCUT2D eigenvalue weighted by molar-refractivity contribution is 5.93. The summed E-state index contributed by atoms with van der Waals surface area (Å²) in [5.74, 6) is -0.250. The number of aromatic amines is 1. The highest BCUT2D eigenvalue weighted by Gasteiger charge is 2.26. The number of H-pyrrole nitrogens is 1. The average molecular weight is 314 g/mol. The van der Waals surface area contributed by atoms with Crippen molar-refractivity contribution < 1.29 is 14.3 Å². The third kappa shape index (κ3) is 3.95. The number of amides is 2. The third-order valence-corrected chi connectivity index (χ3v) is 3.69. The number of carbonyl (C=O) groups is 2. The lowest BCUT2D eigenvalue weighted by Crippen LogP contribution is -2.50. The molecule has 1 aromatic heterocycles. The Bertz CT molecular complexity index is 657. The molecule has 0 aliphatic carbocycles. The fourth-order valence-corrected chi connectivity index (χ4v) is 2.44. The van der Waals surface area contributed by atoms with Gasteiger partial charge in [-0.05, 0) is 5.56 Å². The fraction of sp³-hybridized carbons (Fsp3) is 0.312. The van der Waals surface area contributed by atoms with Crippen LogP contribution in [0.25, 0.3) is 0 Å². The van der Waals surface area contributed by atoms with Gasteiger partial charge in [-0.25, -0.2) is 0 Å². The zero-order valence-electron chi connectivity index (χ0n) is 12.6. The first-order valence-electron chi connectivity index (χ1n) is 7.42. The average Bonchev–Trinajstić information content (AvgIpc) is 3.11. The summed E-state index contributed by atoms with van der Waals surface area (Å²) in [7, 11) is 0. The number of morpholine rings is 1. The Morgan fingerprint density at radius 2 is 2.22 bits per heavy atom. The normalized spacial score (nSPS) is 18.0. The van der Waals surface area contributed by atoms with Gasteiger partial charge in [0.2, 0.25) is 5.91 Å². The maximum Gasteiger partial charge on any atom is 0.254 e. The van der Waals surface area contributed by atoms with Crippen molar-refractivity contribution in [3.63, 3.8) is 0 Å². The molecule has 2 N–H and O–H groups in total. The van der Waals surface area contributed by atoms with E-state index < -0.39 is 0 Å². The molecule has 1 atom stereocenters. The Hall–Kier alpha value is -2.67. The van der Waals surface area contributed by atoms with Gasteiger partial charge in [-0.15, -0.1) is 0 Å². The van der Waals surface area contributed by atoms with Gasteiger partial charge in [-0.3, -0.25) is 14.7 Å². The number of benzene rings is 1. The zero-order valence-corrected chi connectivity index (χ0v) is 12.6. The van der Waals surface area contributed by atoms with Crippen LogP contribution >= 0.6 is 0 Å². The van der Waals surface area contributed by atoms with Crippen LogP contribution in [0, 0.1) is 0 Å².